The summed E-state index contributed by atoms with van der Waals surface area (Å²) in [5.74, 6) is 0.0844. The molecule has 0 amide bonds. The van der Waals surface area contributed by atoms with Gasteiger partial charge in [0.2, 0.25) is 0 Å². The van der Waals surface area contributed by atoms with Crippen LogP contribution in [0.5, 0.6) is 0 Å². The van der Waals surface area contributed by atoms with Crippen LogP contribution in [-0.2, 0) is 9.53 Å². The fourth-order valence-corrected chi connectivity index (χ4v) is 2.67. The van der Waals surface area contributed by atoms with Crippen molar-refractivity contribution in [2.45, 2.75) is 64.1 Å². The number of carbonyl (C=O) groups is 1. The Hall–Kier alpha value is -0.570. The van der Waals surface area contributed by atoms with Crippen LogP contribution in [0.25, 0.3) is 0 Å². The molecule has 2 fully saturated rings. The quantitative estimate of drug-likeness (QED) is 0.673. The lowest BCUT2D eigenvalue weighted by Crippen LogP contribution is -2.38. The van der Waals surface area contributed by atoms with E-state index in [4.69, 9.17) is 4.74 Å². The molecule has 2 rings (SSSR count). The lowest BCUT2D eigenvalue weighted by molar-refractivity contribution is -0.160. The summed E-state index contributed by atoms with van der Waals surface area (Å²) in [5, 5.41) is 3.51. The highest BCUT2D eigenvalue weighted by Gasteiger charge is 2.42. The summed E-state index contributed by atoms with van der Waals surface area (Å²) in [6, 6.07) is 0.930. The topological polar surface area (TPSA) is 38.3 Å². The van der Waals surface area contributed by atoms with Crippen molar-refractivity contribution in [1.82, 2.24) is 5.32 Å². The first kappa shape index (κ1) is 10.9. The van der Waals surface area contributed by atoms with Gasteiger partial charge in [0.05, 0.1) is 5.92 Å². The molecule has 2 aliphatic rings. The van der Waals surface area contributed by atoms with Crippen molar-refractivity contribution in [3.8, 4) is 0 Å². The SMILES string of the molecule is CC(C)(C)OC(=O)[C@@H]1C[C@H]2CCC[C@@H]1N2. The molecule has 2 aliphatic heterocycles. The standard InChI is InChI=1S/C12H21NO2/c1-12(2,3)15-11(14)9-7-8-5-4-6-10(9)13-8/h8-10,13H,4-7H2,1-3H3/t8-,9-,10+/m1/s1. The first-order valence-electron chi connectivity index (χ1n) is 5.94. The second kappa shape index (κ2) is 3.78. The molecule has 0 aromatic heterocycles. The van der Waals surface area contributed by atoms with E-state index in [2.05, 4.69) is 5.32 Å². The summed E-state index contributed by atoms with van der Waals surface area (Å²) >= 11 is 0. The Morgan fingerprint density at radius 3 is 2.67 bits per heavy atom. The van der Waals surface area contributed by atoms with Crippen LogP contribution < -0.4 is 5.32 Å². The highest BCUT2D eigenvalue weighted by Crippen LogP contribution is 2.33. The van der Waals surface area contributed by atoms with Crippen molar-refractivity contribution in [2.24, 2.45) is 5.92 Å². The minimum Gasteiger partial charge on any atom is -0.460 e. The van der Waals surface area contributed by atoms with Gasteiger partial charge >= 0.3 is 5.97 Å². The third kappa shape index (κ3) is 2.51. The van der Waals surface area contributed by atoms with E-state index in [1.54, 1.807) is 0 Å². The van der Waals surface area contributed by atoms with Crippen molar-refractivity contribution in [1.29, 1.82) is 0 Å². The van der Waals surface area contributed by atoms with E-state index >= 15 is 0 Å². The molecule has 3 nitrogen and oxygen atoms in total. The van der Waals surface area contributed by atoms with Gasteiger partial charge in [0.1, 0.15) is 5.60 Å². The Morgan fingerprint density at radius 1 is 1.33 bits per heavy atom. The first-order valence-corrected chi connectivity index (χ1v) is 5.94. The average molecular weight is 211 g/mol. The summed E-state index contributed by atoms with van der Waals surface area (Å²) in [5.41, 5.74) is -0.353. The third-order valence-corrected chi connectivity index (χ3v) is 3.25. The molecule has 2 bridgehead atoms. The number of piperidine rings is 1. The van der Waals surface area contributed by atoms with Gasteiger partial charge in [-0.15, -0.1) is 0 Å². The maximum Gasteiger partial charge on any atom is 0.311 e. The van der Waals surface area contributed by atoms with Gasteiger partial charge in [-0.2, -0.15) is 0 Å². The van der Waals surface area contributed by atoms with Crippen molar-refractivity contribution in [3.05, 3.63) is 0 Å². The molecule has 15 heavy (non-hydrogen) atoms. The van der Waals surface area contributed by atoms with Crippen LogP contribution in [0.4, 0.5) is 0 Å². The number of hydrogen-bond acceptors (Lipinski definition) is 3. The van der Waals surface area contributed by atoms with Crippen molar-refractivity contribution >= 4 is 5.97 Å². The molecule has 0 radical (unpaired) electrons. The first-order chi connectivity index (χ1) is 6.96. The van der Waals surface area contributed by atoms with Crippen molar-refractivity contribution < 1.29 is 9.53 Å². The molecule has 2 heterocycles. The third-order valence-electron chi connectivity index (χ3n) is 3.25. The van der Waals surface area contributed by atoms with Gasteiger partial charge in [-0.25, -0.2) is 0 Å². The van der Waals surface area contributed by atoms with Crippen LogP contribution in [0.15, 0.2) is 0 Å². The van der Waals surface area contributed by atoms with Gasteiger partial charge < -0.3 is 10.1 Å². The highest BCUT2D eigenvalue weighted by molar-refractivity contribution is 5.74. The number of hydrogen-bond donors (Lipinski definition) is 1. The van der Waals surface area contributed by atoms with Gasteiger partial charge in [-0.3, -0.25) is 4.79 Å². The number of fused-ring (bicyclic) bond motifs is 2. The van der Waals surface area contributed by atoms with E-state index in [9.17, 15) is 4.79 Å². The number of carbonyl (C=O) groups excluding carboxylic acids is 1. The van der Waals surface area contributed by atoms with E-state index in [0.29, 0.717) is 12.1 Å². The predicted molar refractivity (Wildman–Crippen MR) is 58.5 cm³/mol. The highest BCUT2D eigenvalue weighted by atomic mass is 16.6. The maximum atomic E-state index is 11.9. The monoisotopic (exact) mass is 211 g/mol. The minimum absolute atomic E-state index is 0.00981. The molecule has 86 valence electrons. The van der Waals surface area contributed by atoms with Crippen LogP contribution in [-0.4, -0.2) is 23.7 Å². The summed E-state index contributed by atoms with van der Waals surface area (Å²) in [4.78, 5) is 11.9. The molecule has 0 saturated carbocycles. The molecule has 1 N–H and O–H groups in total. The number of nitrogens with one attached hydrogen (secondary N) is 1. The van der Waals surface area contributed by atoms with E-state index in [0.717, 1.165) is 12.8 Å². The fraction of sp³-hybridized carbons (Fsp3) is 0.917. The molecular weight excluding hydrogens is 190 g/mol. The Bertz CT molecular complexity index is 257. The lowest BCUT2D eigenvalue weighted by atomic mass is 9.98. The zero-order valence-corrected chi connectivity index (χ0v) is 9.88. The molecule has 3 heteroatoms. The second-order valence-corrected chi connectivity index (χ2v) is 5.78. The van der Waals surface area contributed by atoms with Crippen LogP contribution in [0, 0.1) is 5.92 Å². The molecule has 3 atom stereocenters. The van der Waals surface area contributed by atoms with Gasteiger partial charge in [0.25, 0.3) is 0 Å². The van der Waals surface area contributed by atoms with E-state index < -0.39 is 0 Å². The Morgan fingerprint density at radius 2 is 2.07 bits per heavy atom. The fourth-order valence-electron chi connectivity index (χ4n) is 2.67. The molecule has 0 aliphatic carbocycles. The Kier molecular flexibility index (Phi) is 2.75. The minimum atomic E-state index is -0.353. The zero-order chi connectivity index (χ0) is 11.1. The maximum absolute atomic E-state index is 11.9. The van der Waals surface area contributed by atoms with E-state index in [1.807, 2.05) is 20.8 Å². The molecule has 0 aromatic rings. The largest absolute Gasteiger partial charge is 0.460 e. The normalized spacial score (nSPS) is 35.3. The van der Waals surface area contributed by atoms with Crippen LogP contribution in [0.1, 0.15) is 46.5 Å². The number of ether oxygens (including phenoxy) is 1. The predicted octanol–water partition coefficient (Wildman–Crippen LogP) is 1.86. The number of esters is 1. The molecule has 0 spiro atoms. The van der Waals surface area contributed by atoms with Crippen molar-refractivity contribution in [2.75, 3.05) is 0 Å². The Balaban J connectivity index is 1.96. The van der Waals surface area contributed by atoms with E-state index in [-0.39, 0.29) is 17.5 Å². The lowest BCUT2D eigenvalue weighted by Gasteiger charge is -2.25. The van der Waals surface area contributed by atoms with Gasteiger partial charge in [0.15, 0.2) is 0 Å². The van der Waals surface area contributed by atoms with Gasteiger partial charge in [-0.1, -0.05) is 6.42 Å². The zero-order valence-electron chi connectivity index (χ0n) is 9.88. The molecule has 2 saturated heterocycles. The summed E-state index contributed by atoms with van der Waals surface area (Å²) in [7, 11) is 0. The average Bonchev–Trinajstić information content (AvgIpc) is 2.38. The van der Waals surface area contributed by atoms with Gasteiger partial charge in [-0.05, 0) is 40.0 Å². The van der Waals surface area contributed by atoms with Gasteiger partial charge in [0, 0.05) is 12.1 Å². The summed E-state index contributed by atoms with van der Waals surface area (Å²) < 4.78 is 5.45. The molecule has 0 aromatic carbocycles. The smallest absolute Gasteiger partial charge is 0.311 e. The van der Waals surface area contributed by atoms with E-state index in [1.165, 1.54) is 12.8 Å². The Labute approximate surface area is 91.6 Å². The number of rotatable bonds is 1. The van der Waals surface area contributed by atoms with Crippen molar-refractivity contribution in [3.63, 3.8) is 0 Å². The van der Waals surface area contributed by atoms with Crippen LogP contribution in [0.3, 0.4) is 0 Å². The summed E-state index contributed by atoms with van der Waals surface area (Å²) in [6.45, 7) is 5.79. The summed E-state index contributed by atoms with van der Waals surface area (Å²) in [6.07, 6.45) is 4.57. The molecule has 0 unspecified atom stereocenters. The van der Waals surface area contributed by atoms with Crippen LogP contribution >= 0.6 is 0 Å². The second-order valence-electron chi connectivity index (χ2n) is 5.78. The van der Waals surface area contributed by atoms with Crippen LogP contribution in [0.2, 0.25) is 0 Å². The molecular formula is C12H21NO2.